The highest BCUT2D eigenvalue weighted by Crippen LogP contribution is 2.36. The van der Waals surface area contributed by atoms with E-state index in [1.165, 1.54) is 0 Å². The van der Waals surface area contributed by atoms with Crippen LogP contribution in [0.2, 0.25) is 5.02 Å². The topological polar surface area (TPSA) is 113 Å². The highest BCUT2D eigenvalue weighted by molar-refractivity contribution is 7.99. The van der Waals surface area contributed by atoms with E-state index < -0.39 is 13.2 Å². The number of halogens is 1. The summed E-state index contributed by atoms with van der Waals surface area (Å²) in [4.78, 5) is 19.6. The summed E-state index contributed by atoms with van der Waals surface area (Å²) in [5.74, 6) is 1.20. The van der Waals surface area contributed by atoms with Gasteiger partial charge in [-0.1, -0.05) is 47.6 Å². The predicted molar refractivity (Wildman–Crippen MR) is 150 cm³/mol. The molecule has 2 heterocycles. The molecule has 5 rings (SSSR count). The average Bonchev–Trinajstić information content (AvgIpc) is 3.22. The van der Waals surface area contributed by atoms with Crippen molar-refractivity contribution in [2.45, 2.75) is 36.1 Å². The van der Waals surface area contributed by atoms with E-state index in [1.54, 1.807) is 23.9 Å². The molecule has 4 aromatic rings. The number of amides is 1. The van der Waals surface area contributed by atoms with Crippen molar-refractivity contribution < 1.29 is 14.8 Å². The van der Waals surface area contributed by atoms with Gasteiger partial charge in [0.2, 0.25) is 5.91 Å². The van der Waals surface area contributed by atoms with Crippen LogP contribution in [-0.2, 0) is 4.79 Å². The van der Waals surface area contributed by atoms with E-state index in [9.17, 15) is 14.8 Å². The van der Waals surface area contributed by atoms with E-state index in [2.05, 4.69) is 21.6 Å². The van der Waals surface area contributed by atoms with Gasteiger partial charge in [0, 0.05) is 32.5 Å². The number of fused-ring (bicyclic) bond motifs is 3. The Hall–Kier alpha value is -3.44. The lowest BCUT2D eigenvalue weighted by molar-refractivity contribution is -0.121. The number of benzene rings is 3. The van der Waals surface area contributed by atoms with Crippen molar-refractivity contribution in [2.75, 3.05) is 6.54 Å². The summed E-state index contributed by atoms with van der Waals surface area (Å²) in [6, 6.07) is 20.1. The molecule has 0 fully saturated rings. The quantitative estimate of drug-likeness (QED) is 0.307. The third-order valence-electron chi connectivity index (χ3n) is 6.18. The molecule has 8 nitrogen and oxygen atoms in total. The van der Waals surface area contributed by atoms with Gasteiger partial charge in [0.1, 0.15) is 11.9 Å². The summed E-state index contributed by atoms with van der Waals surface area (Å²) in [6.07, 6.45) is 0.141. The van der Waals surface area contributed by atoms with Crippen molar-refractivity contribution in [3.05, 3.63) is 94.5 Å². The second-order valence-electron chi connectivity index (χ2n) is 8.82. The van der Waals surface area contributed by atoms with Crippen LogP contribution in [0.3, 0.4) is 0 Å². The summed E-state index contributed by atoms with van der Waals surface area (Å²) in [7, 11) is -1.51. The van der Waals surface area contributed by atoms with Crippen molar-refractivity contribution >= 4 is 47.6 Å². The first-order valence-corrected chi connectivity index (χ1v) is 13.3. The van der Waals surface area contributed by atoms with Gasteiger partial charge in [-0.3, -0.25) is 14.4 Å². The first-order valence-electron chi connectivity index (χ1n) is 12.1. The Morgan fingerprint density at radius 3 is 2.45 bits per heavy atom. The van der Waals surface area contributed by atoms with Crippen LogP contribution in [-0.4, -0.2) is 50.1 Å². The minimum atomic E-state index is -1.51. The second kappa shape index (κ2) is 11.1. The van der Waals surface area contributed by atoms with Crippen LogP contribution in [0.5, 0.6) is 0 Å². The average molecular weight is 546 g/mol. The number of nitrogens with zero attached hydrogens (tertiary/aromatic N) is 4. The zero-order chi connectivity index (χ0) is 26.8. The van der Waals surface area contributed by atoms with Gasteiger partial charge in [-0.25, -0.2) is 0 Å². The Labute approximate surface area is 229 Å². The summed E-state index contributed by atoms with van der Waals surface area (Å²) in [5.41, 5.74) is 3.79. The molecule has 3 N–H and O–H groups in total. The molecule has 0 aliphatic carbocycles. The summed E-state index contributed by atoms with van der Waals surface area (Å²) < 4.78 is 1.97. The number of carbonyl (C=O) groups is 1. The van der Waals surface area contributed by atoms with Gasteiger partial charge >= 0.3 is 7.12 Å². The normalized spacial score (nSPS) is 14.2. The van der Waals surface area contributed by atoms with E-state index in [-0.39, 0.29) is 12.3 Å². The number of nitrogens with one attached hydrogen (secondary N) is 1. The molecule has 0 bridgehead atoms. The van der Waals surface area contributed by atoms with Crippen molar-refractivity contribution in [2.24, 2.45) is 4.99 Å². The minimum Gasteiger partial charge on any atom is -0.423 e. The van der Waals surface area contributed by atoms with Gasteiger partial charge in [-0.2, -0.15) is 0 Å². The second-order valence-corrected chi connectivity index (χ2v) is 10.4. The molecule has 0 radical (unpaired) electrons. The Balaban J connectivity index is 1.63. The molecule has 1 amide bonds. The van der Waals surface area contributed by atoms with Crippen LogP contribution < -0.4 is 10.8 Å². The number of carbonyl (C=O) groups excluding carboxylic acids is 1. The van der Waals surface area contributed by atoms with Gasteiger partial charge < -0.3 is 15.4 Å². The number of aromatic nitrogens is 3. The Morgan fingerprint density at radius 2 is 1.76 bits per heavy atom. The van der Waals surface area contributed by atoms with Crippen LogP contribution in [0.25, 0.3) is 5.69 Å². The Kier molecular flexibility index (Phi) is 7.67. The molecule has 0 unspecified atom stereocenters. The fourth-order valence-electron chi connectivity index (χ4n) is 4.40. The molecule has 38 heavy (non-hydrogen) atoms. The maximum absolute atomic E-state index is 12.6. The molecule has 3 aromatic carbocycles. The van der Waals surface area contributed by atoms with Crippen molar-refractivity contribution in [3.63, 3.8) is 0 Å². The Morgan fingerprint density at radius 1 is 1.05 bits per heavy atom. The first-order chi connectivity index (χ1) is 18.3. The van der Waals surface area contributed by atoms with Gasteiger partial charge in [0.25, 0.3) is 0 Å². The van der Waals surface area contributed by atoms with Crippen molar-refractivity contribution in [3.8, 4) is 5.69 Å². The van der Waals surface area contributed by atoms with E-state index in [0.29, 0.717) is 28.7 Å². The van der Waals surface area contributed by atoms with E-state index in [1.807, 2.05) is 66.9 Å². The smallest absolute Gasteiger partial charge is 0.423 e. The molecule has 1 aliphatic rings. The van der Waals surface area contributed by atoms with Crippen LogP contribution in [0.1, 0.15) is 42.2 Å². The number of hydrogen-bond donors (Lipinski definition) is 3. The summed E-state index contributed by atoms with van der Waals surface area (Å²) >= 11 is 7.74. The maximum atomic E-state index is 12.6. The summed E-state index contributed by atoms with van der Waals surface area (Å²) in [6.45, 7) is 4.30. The highest BCUT2D eigenvalue weighted by Gasteiger charge is 2.30. The van der Waals surface area contributed by atoms with E-state index in [4.69, 9.17) is 16.6 Å². The fraction of sp³-hybridized carbons (Fsp3) is 0.185. The lowest BCUT2D eigenvalue weighted by Crippen LogP contribution is -2.29. The van der Waals surface area contributed by atoms with Crippen molar-refractivity contribution in [1.82, 2.24) is 20.1 Å². The maximum Gasteiger partial charge on any atom is 0.488 e. The largest absolute Gasteiger partial charge is 0.488 e. The van der Waals surface area contributed by atoms with Gasteiger partial charge in [0.15, 0.2) is 5.82 Å². The molecule has 0 saturated carbocycles. The molecule has 192 valence electrons. The van der Waals surface area contributed by atoms with Crippen LogP contribution >= 0.6 is 23.4 Å². The molecule has 1 aromatic heterocycles. The number of aliphatic imine (C=N–C) groups is 1. The van der Waals surface area contributed by atoms with Gasteiger partial charge in [-0.15, -0.1) is 10.2 Å². The lowest BCUT2D eigenvalue weighted by atomic mass is 9.81. The van der Waals surface area contributed by atoms with Crippen molar-refractivity contribution in [1.29, 1.82) is 0 Å². The molecule has 0 spiro atoms. The molecular weight excluding hydrogens is 521 g/mol. The third-order valence-corrected chi connectivity index (χ3v) is 7.43. The third kappa shape index (κ3) is 5.39. The monoisotopic (exact) mass is 545 g/mol. The van der Waals surface area contributed by atoms with Crippen LogP contribution in [0.4, 0.5) is 0 Å². The number of rotatable bonds is 7. The SMILES string of the molecule is CCNC(=O)C[C@@H]1N=C(c2ccc(Cl)cc2)c2cc(Sc3ccc(B(O)O)cc3)ccc2-n2c(C)nnc21. The Bertz CT molecular complexity index is 1510. The molecule has 11 heteroatoms. The van der Waals surface area contributed by atoms with Crippen LogP contribution in [0.15, 0.2) is 81.5 Å². The lowest BCUT2D eigenvalue weighted by Gasteiger charge is -2.14. The van der Waals surface area contributed by atoms with Gasteiger partial charge in [-0.05, 0) is 61.8 Å². The standard InChI is InChI=1S/C27H25BClN5O3S/c1-3-30-25(35)15-23-27-33-32-16(2)34(27)24-13-12-21(38-20-10-6-18(7-11-20)28(36)37)14-22(24)26(31-23)17-4-8-19(29)9-5-17/h4-14,23,36-37H,3,15H2,1-2H3,(H,30,35)/t23-/m0/s1. The van der Waals surface area contributed by atoms with Gasteiger partial charge in [0.05, 0.1) is 17.8 Å². The number of hydrogen-bond acceptors (Lipinski definition) is 7. The highest BCUT2D eigenvalue weighted by atomic mass is 35.5. The zero-order valence-electron chi connectivity index (χ0n) is 20.8. The summed E-state index contributed by atoms with van der Waals surface area (Å²) in [5, 5.41) is 31.0. The number of aryl methyl sites for hydroxylation is 1. The molecule has 1 aliphatic heterocycles. The predicted octanol–water partition coefficient (Wildman–Crippen LogP) is 3.48. The molecular formula is C27H25BClN5O3S. The van der Waals surface area contributed by atoms with Crippen LogP contribution in [0, 0.1) is 6.92 Å². The fourth-order valence-corrected chi connectivity index (χ4v) is 5.39. The molecule has 0 saturated heterocycles. The minimum absolute atomic E-state index is 0.109. The zero-order valence-corrected chi connectivity index (χ0v) is 22.4. The van der Waals surface area contributed by atoms with E-state index >= 15 is 0 Å². The molecule has 1 atom stereocenters. The first kappa shape index (κ1) is 26.2. The van der Waals surface area contributed by atoms with E-state index in [0.717, 1.165) is 32.3 Å².